The molecule has 2 amide bonds. The maximum Gasteiger partial charge on any atom is 0.326 e. The monoisotopic (exact) mass is 292 g/mol. The van der Waals surface area contributed by atoms with Gasteiger partial charge in [-0.15, -0.1) is 0 Å². The van der Waals surface area contributed by atoms with Gasteiger partial charge in [-0.3, -0.25) is 9.59 Å². The molecule has 1 rings (SSSR count). The summed E-state index contributed by atoms with van der Waals surface area (Å²) >= 11 is 0. The number of carboxylic acid groups (broad SMARTS) is 1. The lowest BCUT2D eigenvalue weighted by atomic mass is 10.1. The predicted octanol–water partition coefficient (Wildman–Crippen LogP) is 1.09. The Morgan fingerprint density at radius 3 is 2.57 bits per heavy atom. The number of amides is 2. The maximum atomic E-state index is 11.8. The average molecular weight is 292 g/mol. The van der Waals surface area contributed by atoms with Crippen LogP contribution in [0.4, 0.5) is 0 Å². The Kier molecular flexibility index (Phi) is 6.39. The highest BCUT2D eigenvalue weighted by atomic mass is 16.4. The van der Waals surface area contributed by atoms with Crippen molar-refractivity contribution in [2.45, 2.75) is 32.7 Å². The van der Waals surface area contributed by atoms with E-state index in [4.69, 9.17) is 5.11 Å². The van der Waals surface area contributed by atoms with Crippen LogP contribution in [0.15, 0.2) is 24.3 Å². The summed E-state index contributed by atoms with van der Waals surface area (Å²) in [6, 6.07) is 6.07. The van der Waals surface area contributed by atoms with Gasteiger partial charge in [-0.2, -0.15) is 0 Å². The van der Waals surface area contributed by atoms with Crippen LogP contribution in [-0.2, 0) is 9.59 Å². The number of carbonyl (C=O) groups excluding carboxylic acids is 2. The van der Waals surface area contributed by atoms with E-state index in [-0.39, 0.29) is 12.5 Å². The summed E-state index contributed by atoms with van der Waals surface area (Å²) in [5, 5.41) is 13.8. The predicted molar refractivity (Wildman–Crippen MR) is 78.0 cm³/mol. The van der Waals surface area contributed by atoms with Crippen LogP contribution in [0.25, 0.3) is 0 Å². The normalized spacial score (nSPS) is 11.5. The second-order valence-electron chi connectivity index (χ2n) is 4.80. The molecule has 0 heterocycles. The molecule has 1 unspecified atom stereocenters. The molecule has 1 aromatic carbocycles. The highest BCUT2D eigenvalue weighted by Crippen LogP contribution is 2.03. The molecular formula is C15H20N2O4. The molecule has 6 nitrogen and oxygen atoms in total. The number of hydrogen-bond donors (Lipinski definition) is 3. The molecule has 0 aliphatic carbocycles. The Bertz CT molecular complexity index is 528. The van der Waals surface area contributed by atoms with Crippen LogP contribution in [-0.4, -0.2) is 35.5 Å². The molecule has 0 fully saturated rings. The molecule has 0 saturated carbocycles. The molecule has 0 aliphatic heterocycles. The van der Waals surface area contributed by atoms with Crippen molar-refractivity contribution in [1.29, 1.82) is 0 Å². The van der Waals surface area contributed by atoms with Gasteiger partial charge < -0.3 is 15.7 Å². The molecule has 6 heteroatoms. The molecule has 114 valence electrons. The van der Waals surface area contributed by atoms with Crippen molar-refractivity contribution in [1.82, 2.24) is 10.6 Å². The van der Waals surface area contributed by atoms with Gasteiger partial charge in [0, 0.05) is 5.56 Å². The number of benzene rings is 1. The fourth-order valence-electron chi connectivity index (χ4n) is 1.84. The SMILES string of the molecule is CCCC(NC(=O)CNC(=O)c1cccc(C)c1)C(=O)O. The van der Waals surface area contributed by atoms with Crippen molar-refractivity contribution in [3.63, 3.8) is 0 Å². The number of hydrogen-bond acceptors (Lipinski definition) is 3. The highest BCUT2D eigenvalue weighted by molar-refractivity contribution is 5.97. The summed E-state index contributed by atoms with van der Waals surface area (Å²) in [5.74, 6) is -1.96. The Morgan fingerprint density at radius 1 is 1.29 bits per heavy atom. The minimum absolute atomic E-state index is 0.250. The van der Waals surface area contributed by atoms with E-state index in [1.54, 1.807) is 18.2 Å². The first-order valence-electron chi connectivity index (χ1n) is 6.81. The molecule has 0 bridgehead atoms. The van der Waals surface area contributed by atoms with Crippen molar-refractivity contribution in [3.05, 3.63) is 35.4 Å². The number of nitrogens with one attached hydrogen (secondary N) is 2. The Morgan fingerprint density at radius 2 is 2.00 bits per heavy atom. The minimum Gasteiger partial charge on any atom is -0.480 e. The largest absolute Gasteiger partial charge is 0.480 e. The third kappa shape index (κ3) is 5.64. The second kappa shape index (κ2) is 8.04. The van der Waals surface area contributed by atoms with Gasteiger partial charge in [0.2, 0.25) is 5.91 Å². The van der Waals surface area contributed by atoms with E-state index in [1.807, 2.05) is 19.9 Å². The first-order valence-corrected chi connectivity index (χ1v) is 6.81. The van der Waals surface area contributed by atoms with E-state index in [1.165, 1.54) is 0 Å². The van der Waals surface area contributed by atoms with E-state index in [2.05, 4.69) is 10.6 Å². The molecular weight excluding hydrogens is 272 g/mol. The van der Waals surface area contributed by atoms with Crippen molar-refractivity contribution >= 4 is 17.8 Å². The number of carbonyl (C=O) groups is 3. The average Bonchev–Trinajstić information content (AvgIpc) is 2.44. The van der Waals surface area contributed by atoms with Gasteiger partial charge in [-0.25, -0.2) is 4.79 Å². The summed E-state index contributed by atoms with van der Waals surface area (Å²) in [7, 11) is 0. The molecule has 1 atom stereocenters. The maximum absolute atomic E-state index is 11.8. The Balaban J connectivity index is 2.49. The van der Waals surface area contributed by atoms with Crippen LogP contribution < -0.4 is 10.6 Å². The second-order valence-corrected chi connectivity index (χ2v) is 4.80. The minimum atomic E-state index is -1.07. The Labute approximate surface area is 123 Å². The van der Waals surface area contributed by atoms with Gasteiger partial charge in [0.1, 0.15) is 6.04 Å². The van der Waals surface area contributed by atoms with Crippen LogP contribution in [0, 0.1) is 6.92 Å². The lowest BCUT2D eigenvalue weighted by molar-refractivity contribution is -0.141. The lowest BCUT2D eigenvalue weighted by Crippen LogP contribution is -2.45. The van der Waals surface area contributed by atoms with Crippen LogP contribution >= 0.6 is 0 Å². The van der Waals surface area contributed by atoms with Gasteiger partial charge in [-0.05, 0) is 25.5 Å². The highest BCUT2D eigenvalue weighted by Gasteiger charge is 2.18. The zero-order chi connectivity index (χ0) is 15.8. The van der Waals surface area contributed by atoms with Crippen LogP contribution in [0.1, 0.15) is 35.7 Å². The van der Waals surface area contributed by atoms with Crippen molar-refractivity contribution in [2.75, 3.05) is 6.54 Å². The van der Waals surface area contributed by atoms with E-state index in [9.17, 15) is 14.4 Å². The fourth-order valence-corrected chi connectivity index (χ4v) is 1.84. The molecule has 0 aliphatic rings. The number of aliphatic carboxylic acids is 1. The zero-order valence-electron chi connectivity index (χ0n) is 12.2. The van der Waals surface area contributed by atoms with Gasteiger partial charge >= 0.3 is 5.97 Å². The summed E-state index contributed by atoms with van der Waals surface area (Å²) in [4.78, 5) is 34.4. The Hall–Kier alpha value is -2.37. The van der Waals surface area contributed by atoms with Crippen LogP contribution in [0.2, 0.25) is 0 Å². The standard InChI is InChI=1S/C15H20N2O4/c1-3-5-12(15(20)21)17-13(18)9-16-14(19)11-7-4-6-10(2)8-11/h4,6-8,12H,3,5,9H2,1-2H3,(H,16,19)(H,17,18)(H,20,21). The number of carboxylic acids is 1. The van der Waals surface area contributed by atoms with E-state index < -0.39 is 17.9 Å². The molecule has 0 spiro atoms. The van der Waals surface area contributed by atoms with E-state index in [0.29, 0.717) is 18.4 Å². The zero-order valence-corrected chi connectivity index (χ0v) is 12.2. The van der Waals surface area contributed by atoms with Crippen molar-refractivity contribution in [3.8, 4) is 0 Å². The molecule has 21 heavy (non-hydrogen) atoms. The summed E-state index contributed by atoms with van der Waals surface area (Å²) in [6.45, 7) is 3.45. The summed E-state index contributed by atoms with van der Waals surface area (Å²) < 4.78 is 0. The van der Waals surface area contributed by atoms with Gasteiger partial charge in [-0.1, -0.05) is 31.0 Å². The van der Waals surface area contributed by atoms with Gasteiger partial charge in [0.05, 0.1) is 6.54 Å². The number of aryl methyl sites for hydroxylation is 1. The van der Waals surface area contributed by atoms with Gasteiger partial charge in [0.15, 0.2) is 0 Å². The van der Waals surface area contributed by atoms with E-state index >= 15 is 0 Å². The summed E-state index contributed by atoms with van der Waals surface area (Å²) in [5.41, 5.74) is 1.41. The van der Waals surface area contributed by atoms with Crippen LogP contribution in [0.3, 0.4) is 0 Å². The third-order valence-electron chi connectivity index (χ3n) is 2.90. The third-order valence-corrected chi connectivity index (χ3v) is 2.90. The fraction of sp³-hybridized carbons (Fsp3) is 0.400. The molecule has 0 aromatic heterocycles. The van der Waals surface area contributed by atoms with E-state index in [0.717, 1.165) is 5.56 Å². The smallest absolute Gasteiger partial charge is 0.326 e. The van der Waals surface area contributed by atoms with Crippen molar-refractivity contribution in [2.24, 2.45) is 0 Å². The summed E-state index contributed by atoms with van der Waals surface area (Å²) in [6.07, 6.45) is 1.000. The topological polar surface area (TPSA) is 95.5 Å². The molecule has 3 N–H and O–H groups in total. The quantitative estimate of drug-likeness (QED) is 0.701. The van der Waals surface area contributed by atoms with Crippen LogP contribution in [0.5, 0.6) is 0 Å². The molecule has 0 saturated heterocycles. The number of rotatable bonds is 7. The van der Waals surface area contributed by atoms with Crippen molar-refractivity contribution < 1.29 is 19.5 Å². The van der Waals surface area contributed by atoms with Gasteiger partial charge in [0.25, 0.3) is 5.91 Å². The first-order chi connectivity index (χ1) is 9.93. The molecule has 0 radical (unpaired) electrons. The lowest BCUT2D eigenvalue weighted by Gasteiger charge is -2.13. The molecule has 1 aromatic rings. The first kappa shape index (κ1) is 16.7.